The van der Waals surface area contributed by atoms with Crippen molar-refractivity contribution in [2.24, 2.45) is 0 Å². The van der Waals surface area contributed by atoms with Crippen LogP contribution in [-0.2, 0) is 55.8 Å². The molecule has 0 aliphatic carbocycles. The van der Waals surface area contributed by atoms with E-state index in [1.54, 1.807) is 0 Å². The molecule has 0 bridgehead atoms. The molecule has 5 atom stereocenters. The predicted octanol–water partition coefficient (Wildman–Crippen LogP) is 34.4. The van der Waals surface area contributed by atoms with Gasteiger partial charge in [-0.3, -0.25) is 32.5 Å². The molecule has 0 saturated heterocycles. The quantitative estimate of drug-likeness (QED) is 0.0146. The van der Waals surface area contributed by atoms with Gasteiger partial charge < -0.3 is 34.2 Å². The highest BCUT2D eigenvalue weighted by atomic mass is 31.2. The summed E-state index contributed by atoms with van der Waals surface area (Å²) in [5.41, 5.74) is 0. The van der Waals surface area contributed by atoms with Crippen molar-refractivity contribution in [2.45, 2.75) is 501 Å². The second-order valence-electron chi connectivity index (χ2n) is 36.0. The highest BCUT2D eigenvalue weighted by Gasteiger charge is 2.30. The minimum absolute atomic E-state index is 0.0991. The Hall–Kier alpha value is -4.83. The Morgan fingerprint density at radius 3 is 0.641 bits per heavy atom. The van der Waals surface area contributed by atoms with Crippen LogP contribution in [0.5, 0.6) is 0 Å². The van der Waals surface area contributed by atoms with Crippen LogP contribution in [-0.4, -0.2) is 95.9 Å². The van der Waals surface area contributed by atoms with Gasteiger partial charge in [-0.25, -0.2) is 9.13 Å². The molecule has 4 N–H and O–H groups in total. The number of allylic oxidation sites excluding steroid dienone is 26. The number of aliphatic hydroxyl groups is 2. The fraction of sp³-hybridized carbons (Fsp3) is 0.743. The Morgan fingerprint density at radius 2 is 0.405 bits per heavy atom. The number of hydrogen-bond acceptors (Lipinski definition) is 14. The van der Waals surface area contributed by atoms with Gasteiger partial charge in [0.15, 0.2) is 6.10 Å². The van der Waals surface area contributed by atoms with Crippen LogP contribution in [0.25, 0.3) is 0 Å². The first kappa shape index (κ1) is 126. The van der Waals surface area contributed by atoms with E-state index in [-0.39, 0.29) is 19.3 Å². The van der Waals surface area contributed by atoms with Crippen molar-refractivity contribution in [2.75, 3.05) is 39.6 Å². The van der Waals surface area contributed by atoms with E-state index in [1.807, 2.05) is 0 Å². The third-order valence-electron chi connectivity index (χ3n) is 23.2. The number of carbonyl (C=O) groups is 3. The Bertz CT molecular complexity index is 3010. The number of esters is 3. The lowest BCUT2D eigenvalue weighted by Crippen LogP contribution is -2.30. The lowest BCUT2D eigenvalue weighted by atomic mass is 10.0. The van der Waals surface area contributed by atoms with E-state index >= 15 is 0 Å². The molecule has 18 heteroatoms. The summed E-state index contributed by atoms with van der Waals surface area (Å²) in [6.07, 6.45) is 136. The van der Waals surface area contributed by atoms with Crippen molar-refractivity contribution in [1.82, 2.24) is 0 Å². The standard InChI is InChI=1S/C113H198O16P2/c1-4-7-10-13-16-19-22-25-28-31-34-37-40-43-46-48-50-52-53-55-57-58-61-63-66-69-72-75-78-81-84-87-90-93-96-99-111(116)123-102-108(114)103-125-130(119,120)126-104-109(115)105-127-131(121,122)128-107-110(129-113(118)101-98-95-92-89-86-83-80-77-74-71-68-65-60-45-42-39-36-33-30-27-24-21-18-15-12-9-6-3)106-124-112(117)100-97-94-91-88-85-82-79-76-73-70-67-64-62-59-56-54-51-49-47-44-41-38-35-32-29-26-23-20-17-14-11-8-5-2/h9,12,16-21,25-30,34-39,43-47,60,108-110,114-115H,4-8,10-11,13-15,22-24,31-33,40-42,48-59,61-107H2,1-3H3,(H,119,120)(H,121,122)/b12-9-,19-16-,20-17-,21-18-,28-25-,29-26-,30-27-,37-34-,38-35-,39-36-,46-43-,47-44-,60-45-. The van der Waals surface area contributed by atoms with Gasteiger partial charge in [0.2, 0.25) is 0 Å². The number of phosphoric acid groups is 2. The molecule has 0 aromatic heterocycles. The van der Waals surface area contributed by atoms with E-state index in [1.165, 1.54) is 283 Å². The van der Waals surface area contributed by atoms with Crippen LogP contribution in [0.1, 0.15) is 483 Å². The number of rotatable bonds is 102. The molecule has 0 aliphatic heterocycles. The molecule has 0 saturated carbocycles. The third-order valence-corrected chi connectivity index (χ3v) is 25.1. The molecule has 0 rings (SSSR count). The molecule has 0 aliphatic rings. The minimum atomic E-state index is -4.95. The molecular weight excluding hydrogens is 1680 g/mol. The van der Waals surface area contributed by atoms with Crippen LogP contribution < -0.4 is 0 Å². The summed E-state index contributed by atoms with van der Waals surface area (Å²) in [5, 5.41) is 20.8. The smallest absolute Gasteiger partial charge is 0.463 e. The monoisotopic (exact) mass is 1870 g/mol. The molecule has 0 aromatic rings. The first-order valence-electron chi connectivity index (χ1n) is 53.8. The topological polar surface area (TPSA) is 231 Å². The molecule has 5 unspecified atom stereocenters. The SMILES string of the molecule is CC/C=C\C/C=C\C/C=C\C/C=C\C/C=C\CCCCCCCCCCCCCC(=O)OC(COC(=O)CCCCCCCCCCCCCCCCCCC/C=C\C/C=C\C/C=C\C/C=C\CCCCC)COP(=O)(O)OCC(O)COP(=O)(O)OCC(O)COC(=O)CCCCCCCCCCCCCCCCCCCCC/C=C\C/C=C\C/C=C\C/C=C\CCCCC. The molecular formula is C113H198O16P2. The second kappa shape index (κ2) is 104. The number of phosphoric ester groups is 2. The highest BCUT2D eigenvalue weighted by Crippen LogP contribution is 2.45. The normalized spacial score (nSPS) is 14.2. The van der Waals surface area contributed by atoms with E-state index in [2.05, 4.69) is 179 Å². The zero-order valence-electron chi connectivity index (χ0n) is 84.0. The number of aliphatic hydroxyl groups excluding tert-OH is 2. The molecule has 0 amide bonds. The van der Waals surface area contributed by atoms with Crippen LogP contribution in [0.2, 0.25) is 0 Å². The summed E-state index contributed by atoms with van der Waals surface area (Å²) >= 11 is 0. The van der Waals surface area contributed by atoms with Crippen LogP contribution in [0.15, 0.2) is 158 Å². The van der Waals surface area contributed by atoms with Gasteiger partial charge in [0.1, 0.15) is 25.4 Å². The number of unbranched alkanes of at least 4 members (excludes halogenated alkanes) is 53. The molecule has 131 heavy (non-hydrogen) atoms. The van der Waals surface area contributed by atoms with Crippen LogP contribution >= 0.6 is 15.6 Å². The van der Waals surface area contributed by atoms with E-state index < -0.39 is 91.5 Å². The fourth-order valence-corrected chi connectivity index (χ4v) is 16.7. The van der Waals surface area contributed by atoms with Gasteiger partial charge in [0, 0.05) is 19.3 Å². The Morgan fingerprint density at radius 1 is 0.221 bits per heavy atom. The molecule has 0 aromatic carbocycles. The van der Waals surface area contributed by atoms with E-state index in [0.717, 1.165) is 141 Å². The van der Waals surface area contributed by atoms with Gasteiger partial charge in [0.25, 0.3) is 0 Å². The molecule has 0 fully saturated rings. The Labute approximate surface area is 803 Å². The van der Waals surface area contributed by atoms with Gasteiger partial charge in [-0.2, -0.15) is 0 Å². The summed E-state index contributed by atoms with van der Waals surface area (Å²) in [6, 6.07) is 0. The molecule has 16 nitrogen and oxygen atoms in total. The maximum Gasteiger partial charge on any atom is 0.472 e. The lowest BCUT2D eigenvalue weighted by Gasteiger charge is -2.21. The summed E-state index contributed by atoms with van der Waals surface area (Å²) in [4.78, 5) is 59.3. The van der Waals surface area contributed by atoms with E-state index in [9.17, 15) is 43.5 Å². The van der Waals surface area contributed by atoms with Crippen molar-refractivity contribution < 1.29 is 75.8 Å². The van der Waals surface area contributed by atoms with Crippen molar-refractivity contribution in [1.29, 1.82) is 0 Å². The van der Waals surface area contributed by atoms with Gasteiger partial charge >= 0.3 is 33.6 Å². The molecule has 0 spiro atoms. The van der Waals surface area contributed by atoms with Crippen LogP contribution in [0.4, 0.5) is 0 Å². The summed E-state index contributed by atoms with van der Waals surface area (Å²) < 4.78 is 61.8. The van der Waals surface area contributed by atoms with Crippen LogP contribution in [0, 0.1) is 0 Å². The number of ether oxygens (including phenoxy) is 3. The van der Waals surface area contributed by atoms with Gasteiger partial charge in [-0.1, -0.05) is 468 Å². The van der Waals surface area contributed by atoms with Gasteiger partial charge in [0.05, 0.1) is 26.4 Å². The third kappa shape index (κ3) is 105. The van der Waals surface area contributed by atoms with Crippen molar-refractivity contribution in [3.05, 3.63) is 158 Å². The fourth-order valence-electron chi connectivity index (χ4n) is 15.1. The number of carbonyl (C=O) groups excluding carboxylic acids is 3. The second-order valence-corrected chi connectivity index (χ2v) is 38.9. The van der Waals surface area contributed by atoms with E-state index in [0.29, 0.717) is 19.3 Å². The zero-order chi connectivity index (χ0) is 95.0. The Balaban J connectivity index is 4.56. The van der Waals surface area contributed by atoms with Gasteiger partial charge in [-0.05, 0) is 154 Å². The summed E-state index contributed by atoms with van der Waals surface area (Å²) in [7, 11) is -9.82. The van der Waals surface area contributed by atoms with Crippen molar-refractivity contribution >= 4 is 33.6 Å². The average molecular weight is 1870 g/mol. The van der Waals surface area contributed by atoms with Crippen molar-refractivity contribution in [3.8, 4) is 0 Å². The maximum atomic E-state index is 13.1. The summed E-state index contributed by atoms with van der Waals surface area (Å²) in [6.45, 7) is 2.61. The first-order chi connectivity index (χ1) is 64.2. The average Bonchev–Trinajstić information content (AvgIpc) is 0.897. The highest BCUT2D eigenvalue weighted by molar-refractivity contribution is 7.47. The Kier molecular flexibility index (Phi) is 100. The predicted molar refractivity (Wildman–Crippen MR) is 556 cm³/mol. The maximum absolute atomic E-state index is 13.1. The zero-order valence-corrected chi connectivity index (χ0v) is 85.8. The summed E-state index contributed by atoms with van der Waals surface area (Å²) in [5.74, 6) is -1.55. The number of hydrogen-bond donors (Lipinski definition) is 4. The molecule has 0 heterocycles. The van der Waals surface area contributed by atoms with Crippen LogP contribution in [0.3, 0.4) is 0 Å². The van der Waals surface area contributed by atoms with Crippen molar-refractivity contribution in [3.63, 3.8) is 0 Å². The first-order valence-corrected chi connectivity index (χ1v) is 56.8. The lowest BCUT2D eigenvalue weighted by molar-refractivity contribution is -0.161. The minimum Gasteiger partial charge on any atom is -0.463 e. The van der Waals surface area contributed by atoms with Gasteiger partial charge in [-0.15, -0.1) is 0 Å². The molecule has 0 radical (unpaired) electrons. The largest absolute Gasteiger partial charge is 0.472 e. The molecule has 756 valence electrons. The van der Waals surface area contributed by atoms with E-state index in [4.69, 9.17) is 32.3 Å².